The molecule has 0 spiro atoms. The van der Waals surface area contributed by atoms with Crippen molar-refractivity contribution in [3.63, 3.8) is 0 Å². The lowest BCUT2D eigenvalue weighted by atomic mass is 9.93. The van der Waals surface area contributed by atoms with Gasteiger partial charge < -0.3 is 16.4 Å². The molecule has 0 bridgehead atoms. The van der Waals surface area contributed by atoms with Crippen LogP contribution >= 0.6 is 0 Å². The molecule has 1 aliphatic rings. The number of carbonyl (C=O) groups is 2. The van der Waals surface area contributed by atoms with Crippen LogP contribution < -0.4 is 16.4 Å². The minimum atomic E-state index is -0.788. The molecule has 104 valence electrons. The van der Waals surface area contributed by atoms with Gasteiger partial charge >= 0.3 is 0 Å². The number of aromatic nitrogens is 3. The van der Waals surface area contributed by atoms with E-state index in [1.807, 2.05) is 0 Å². The van der Waals surface area contributed by atoms with E-state index >= 15 is 0 Å². The Morgan fingerprint density at radius 2 is 2.26 bits per heavy atom. The summed E-state index contributed by atoms with van der Waals surface area (Å²) in [6, 6.07) is 0.260. The number of amides is 2. The van der Waals surface area contributed by atoms with Crippen LogP contribution in [0.25, 0.3) is 0 Å². The molecule has 0 aromatic carbocycles. The molecule has 1 fully saturated rings. The Morgan fingerprint density at radius 1 is 1.58 bits per heavy atom. The zero-order chi connectivity index (χ0) is 14.0. The second-order valence-corrected chi connectivity index (χ2v) is 5.33. The Bertz CT molecular complexity index is 491. The summed E-state index contributed by atoms with van der Waals surface area (Å²) in [5.74, 6) is -0.815. The van der Waals surface area contributed by atoms with Gasteiger partial charge in [0.05, 0.1) is 17.7 Å². The van der Waals surface area contributed by atoms with Crippen LogP contribution in [0.3, 0.4) is 0 Å². The predicted octanol–water partition coefficient (Wildman–Crippen LogP) is -1.34. The van der Waals surface area contributed by atoms with E-state index in [0.717, 1.165) is 13.1 Å². The summed E-state index contributed by atoms with van der Waals surface area (Å²) in [4.78, 5) is 23.0. The van der Waals surface area contributed by atoms with Gasteiger partial charge in [-0.05, 0) is 13.8 Å². The topological polar surface area (TPSA) is 115 Å². The van der Waals surface area contributed by atoms with Crippen LogP contribution in [0, 0.1) is 5.41 Å². The molecule has 0 atom stereocenters. The fraction of sp³-hybridized carbons (Fsp3) is 0.636. The lowest BCUT2D eigenvalue weighted by Gasteiger charge is -2.26. The maximum absolute atomic E-state index is 11.9. The minimum absolute atomic E-state index is 0.166. The third-order valence-electron chi connectivity index (χ3n) is 3.23. The fourth-order valence-electron chi connectivity index (χ4n) is 1.50. The summed E-state index contributed by atoms with van der Waals surface area (Å²) in [7, 11) is 0. The van der Waals surface area contributed by atoms with Crippen molar-refractivity contribution in [2.45, 2.75) is 19.9 Å². The van der Waals surface area contributed by atoms with Gasteiger partial charge in [0.2, 0.25) is 5.91 Å². The second-order valence-electron chi connectivity index (χ2n) is 5.33. The molecule has 2 rings (SSSR count). The molecule has 19 heavy (non-hydrogen) atoms. The molecule has 8 heteroatoms. The van der Waals surface area contributed by atoms with E-state index in [2.05, 4.69) is 20.9 Å². The molecular weight excluding hydrogens is 248 g/mol. The van der Waals surface area contributed by atoms with Gasteiger partial charge in [-0.15, -0.1) is 5.10 Å². The van der Waals surface area contributed by atoms with Crippen LogP contribution in [0.5, 0.6) is 0 Å². The van der Waals surface area contributed by atoms with Gasteiger partial charge in [-0.2, -0.15) is 0 Å². The van der Waals surface area contributed by atoms with Gasteiger partial charge in [0.15, 0.2) is 5.69 Å². The molecule has 2 amide bonds. The summed E-state index contributed by atoms with van der Waals surface area (Å²) >= 11 is 0. The maximum atomic E-state index is 11.9. The molecule has 1 aliphatic heterocycles. The number of hydrogen-bond donors (Lipinski definition) is 3. The third kappa shape index (κ3) is 2.90. The normalized spacial score (nSPS) is 15.9. The van der Waals surface area contributed by atoms with E-state index in [1.54, 1.807) is 24.7 Å². The van der Waals surface area contributed by atoms with Crippen molar-refractivity contribution in [3.8, 4) is 0 Å². The number of nitrogens with two attached hydrogens (primary N) is 1. The Hall–Kier alpha value is -1.96. The monoisotopic (exact) mass is 266 g/mol. The number of carbonyl (C=O) groups excluding carboxylic acids is 2. The van der Waals surface area contributed by atoms with Gasteiger partial charge in [0, 0.05) is 19.6 Å². The Labute approximate surface area is 110 Å². The average molecular weight is 266 g/mol. The van der Waals surface area contributed by atoms with Crippen LogP contribution in [0.2, 0.25) is 0 Å². The third-order valence-corrected chi connectivity index (χ3v) is 3.23. The van der Waals surface area contributed by atoms with Gasteiger partial charge in [-0.25, -0.2) is 4.68 Å². The predicted molar refractivity (Wildman–Crippen MR) is 67.2 cm³/mol. The highest BCUT2D eigenvalue weighted by atomic mass is 16.2. The summed E-state index contributed by atoms with van der Waals surface area (Å²) in [5.41, 5.74) is 4.69. The molecule has 1 aromatic heterocycles. The highest BCUT2D eigenvalue weighted by molar-refractivity contribution is 5.92. The average Bonchev–Trinajstić information content (AvgIpc) is 2.72. The number of rotatable bonds is 5. The smallest absolute Gasteiger partial charge is 0.273 e. The molecule has 8 nitrogen and oxygen atoms in total. The first-order valence-corrected chi connectivity index (χ1v) is 6.11. The van der Waals surface area contributed by atoms with E-state index in [9.17, 15) is 9.59 Å². The number of primary amides is 1. The first-order chi connectivity index (χ1) is 8.90. The van der Waals surface area contributed by atoms with Crippen LogP contribution in [0.1, 0.15) is 30.4 Å². The quantitative estimate of drug-likeness (QED) is 0.610. The zero-order valence-electron chi connectivity index (χ0n) is 11.0. The second kappa shape index (κ2) is 4.96. The van der Waals surface area contributed by atoms with Crippen molar-refractivity contribution in [2.24, 2.45) is 11.1 Å². The van der Waals surface area contributed by atoms with Gasteiger partial charge in [0.1, 0.15) is 0 Å². The molecule has 0 radical (unpaired) electrons. The molecular formula is C11H18N6O2. The van der Waals surface area contributed by atoms with E-state index in [1.165, 1.54) is 0 Å². The lowest BCUT2D eigenvalue weighted by molar-refractivity contribution is -0.125. The van der Waals surface area contributed by atoms with Crippen molar-refractivity contribution < 1.29 is 9.59 Å². The first-order valence-electron chi connectivity index (χ1n) is 6.11. The Morgan fingerprint density at radius 3 is 2.79 bits per heavy atom. The van der Waals surface area contributed by atoms with Crippen molar-refractivity contribution in [1.29, 1.82) is 0 Å². The standard InChI is InChI=1S/C11H18N6O2/c1-11(2,10(12)19)6-14-9(18)8-5-17(16-15-8)7-3-13-4-7/h5,7,13H,3-4,6H2,1-2H3,(H2,12,19)(H,14,18). The highest BCUT2D eigenvalue weighted by Crippen LogP contribution is 2.13. The summed E-state index contributed by atoms with van der Waals surface area (Å²) in [5, 5.41) is 13.5. The molecule has 1 aromatic rings. The van der Waals surface area contributed by atoms with Crippen LogP contribution in [-0.2, 0) is 4.79 Å². The van der Waals surface area contributed by atoms with Gasteiger partial charge in [-0.3, -0.25) is 9.59 Å². The van der Waals surface area contributed by atoms with E-state index < -0.39 is 11.3 Å². The van der Waals surface area contributed by atoms with Crippen LogP contribution in [0.4, 0.5) is 0 Å². The van der Waals surface area contributed by atoms with Crippen molar-refractivity contribution in [1.82, 2.24) is 25.6 Å². The van der Waals surface area contributed by atoms with Gasteiger partial charge in [-0.1, -0.05) is 5.21 Å². The Balaban J connectivity index is 1.92. The van der Waals surface area contributed by atoms with Gasteiger partial charge in [0.25, 0.3) is 5.91 Å². The molecule has 0 unspecified atom stereocenters. The van der Waals surface area contributed by atoms with E-state index in [-0.39, 0.29) is 24.2 Å². The molecule has 0 saturated carbocycles. The first kappa shape index (κ1) is 13.5. The SMILES string of the molecule is CC(C)(CNC(=O)c1cn(C2CNC2)nn1)C(N)=O. The van der Waals surface area contributed by atoms with E-state index in [0.29, 0.717) is 0 Å². The molecule has 4 N–H and O–H groups in total. The summed E-state index contributed by atoms with van der Waals surface area (Å²) in [6.45, 7) is 5.18. The maximum Gasteiger partial charge on any atom is 0.273 e. The number of nitrogens with zero attached hydrogens (tertiary/aromatic N) is 3. The molecule has 2 heterocycles. The van der Waals surface area contributed by atoms with Crippen molar-refractivity contribution >= 4 is 11.8 Å². The van der Waals surface area contributed by atoms with Crippen molar-refractivity contribution in [2.75, 3.05) is 19.6 Å². The van der Waals surface area contributed by atoms with E-state index in [4.69, 9.17) is 5.73 Å². The van der Waals surface area contributed by atoms with Crippen LogP contribution in [-0.4, -0.2) is 46.4 Å². The Kier molecular flexibility index (Phi) is 3.52. The summed E-state index contributed by atoms with van der Waals surface area (Å²) < 4.78 is 1.67. The number of hydrogen-bond acceptors (Lipinski definition) is 5. The number of nitrogens with one attached hydrogen (secondary N) is 2. The largest absolute Gasteiger partial charge is 0.369 e. The zero-order valence-corrected chi connectivity index (χ0v) is 11.0. The lowest BCUT2D eigenvalue weighted by Crippen LogP contribution is -2.43. The van der Waals surface area contributed by atoms with Crippen molar-refractivity contribution in [3.05, 3.63) is 11.9 Å². The fourth-order valence-corrected chi connectivity index (χ4v) is 1.50. The summed E-state index contributed by atoms with van der Waals surface area (Å²) in [6.07, 6.45) is 1.61. The van der Waals surface area contributed by atoms with Crippen LogP contribution in [0.15, 0.2) is 6.20 Å². The highest BCUT2D eigenvalue weighted by Gasteiger charge is 2.27. The molecule has 0 aliphatic carbocycles. The molecule has 1 saturated heterocycles. The minimum Gasteiger partial charge on any atom is -0.369 e.